The van der Waals surface area contributed by atoms with Crippen LogP contribution in [-0.4, -0.2) is 57.9 Å². The van der Waals surface area contributed by atoms with E-state index in [9.17, 15) is 14.3 Å². The summed E-state index contributed by atoms with van der Waals surface area (Å²) in [6.45, 7) is 7.14. The second-order valence-electron chi connectivity index (χ2n) is 7.69. The third-order valence-corrected chi connectivity index (χ3v) is 5.17. The van der Waals surface area contributed by atoms with Crippen LogP contribution in [0.1, 0.15) is 37.6 Å². The van der Waals surface area contributed by atoms with Crippen molar-refractivity contribution in [2.24, 2.45) is 11.8 Å². The number of nitrogens with zero attached hydrogens (tertiary/aromatic N) is 4. The van der Waals surface area contributed by atoms with Crippen LogP contribution >= 0.6 is 0 Å². The fourth-order valence-corrected chi connectivity index (χ4v) is 3.79. The summed E-state index contributed by atoms with van der Waals surface area (Å²) in [4.78, 5) is 13.9. The van der Waals surface area contributed by atoms with Gasteiger partial charge in [-0.1, -0.05) is 19.9 Å². The third kappa shape index (κ3) is 4.83. The molecule has 0 amide bonds. The molecule has 8 nitrogen and oxygen atoms in total. The molecule has 9 heteroatoms. The second kappa shape index (κ2) is 9.09. The minimum atomic E-state index is -0.895. The number of benzene rings is 1. The third-order valence-electron chi connectivity index (χ3n) is 5.17. The molecule has 1 aromatic carbocycles. The predicted molar refractivity (Wildman–Crippen MR) is 103 cm³/mol. The van der Waals surface area contributed by atoms with Gasteiger partial charge in [-0.25, -0.2) is 9.49 Å². The molecule has 0 aliphatic carbocycles. The van der Waals surface area contributed by atoms with E-state index in [1.54, 1.807) is 6.07 Å². The fourth-order valence-electron chi connectivity index (χ4n) is 3.79. The highest BCUT2D eigenvalue weighted by Crippen LogP contribution is 2.32. The van der Waals surface area contributed by atoms with Crippen molar-refractivity contribution in [1.29, 1.82) is 0 Å². The van der Waals surface area contributed by atoms with E-state index in [0.717, 1.165) is 31.7 Å². The van der Waals surface area contributed by atoms with Crippen molar-refractivity contribution in [2.45, 2.75) is 32.6 Å². The van der Waals surface area contributed by atoms with E-state index in [2.05, 4.69) is 25.9 Å². The van der Waals surface area contributed by atoms with Crippen LogP contribution in [0.15, 0.2) is 18.2 Å². The van der Waals surface area contributed by atoms with E-state index in [1.165, 1.54) is 6.07 Å². The lowest BCUT2D eigenvalue weighted by molar-refractivity contribution is -0.143. The number of carboxylic acid groups (broad SMARTS) is 1. The molecule has 3 N–H and O–H groups in total. The molecule has 1 aliphatic heterocycles. The SMILES string of the molecule is CC(C)C[C@H](C(=O)O)[C@H](Cc1ccc(N2CCNCC2)c(F)c1)c1nnn[nH]1. The maximum absolute atomic E-state index is 14.8. The van der Waals surface area contributed by atoms with Gasteiger partial charge in [-0.2, -0.15) is 0 Å². The van der Waals surface area contributed by atoms with Gasteiger partial charge in [-0.3, -0.25) is 4.79 Å². The van der Waals surface area contributed by atoms with Gasteiger partial charge in [-0.15, -0.1) is 5.10 Å². The molecule has 2 atom stereocenters. The lowest BCUT2D eigenvalue weighted by Gasteiger charge is -2.30. The second-order valence-corrected chi connectivity index (χ2v) is 7.69. The Labute approximate surface area is 163 Å². The van der Waals surface area contributed by atoms with Crippen LogP contribution < -0.4 is 10.2 Å². The van der Waals surface area contributed by atoms with Crippen molar-refractivity contribution < 1.29 is 14.3 Å². The van der Waals surface area contributed by atoms with Gasteiger partial charge in [0, 0.05) is 32.1 Å². The van der Waals surface area contributed by atoms with Crippen molar-refractivity contribution in [3.63, 3.8) is 0 Å². The number of H-pyrrole nitrogens is 1. The quantitative estimate of drug-likeness (QED) is 0.631. The zero-order valence-electron chi connectivity index (χ0n) is 16.2. The largest absolute Gasteiger partial charge is 0.481 e. The van der Waals surface area contributed by atoms with Gasteiger partial charge in [0.05, 0.1) is 11.6 Å². The lowest BCUT2D eigenvalue weighted by Crippen LogP contribution is -2.43. The first-order valence-electron chi connectivity index (χ1n) is 9.66. The number of tetrazole rings is 1. The molecule has 1 aromatic heterocycles. The number of carbonyl (C=O) groups is 1. The van der Waals surface area contributed by atoms with E-state index in [1.807, 2.05) is 24.8 Å². The molecule has 1 aliphatic rings. The summed E-state index contributed by atoms with van der Waals surface area (Å²) in [5.74, 6) is -1.69. The summed E-state index contributed by atoms with van der Waals surface area (Å²) in [5.41, 5.74) is 1.31. The summed E-state index contributed by atoms with van der Waals surface area (Å²) < 4.78 is 14.8. The maximum atomic E-state index is 14.8. The Kier molecular flexibility index (Phi) is 6.56. The van der Waals surface area contributed by atoms with Crippen LogP contribution in [0.2, 0.25) is 0 Å². The van der Waals surface area contributed by atoms with Crippen molar-refractivity contribution in [2.75, 3.05) is 31.1 Å². The molecule has 3 rings (SSSR count). The fraction of sp³-hybridized carbons (Fsp3) is 0.579. The highest BCUT2D eigenvalue weighted by atomic mass is 19.1. The minimum Gasteiger partial charge on any atom is -0.481 e. The molecule has 0 bridgehead atoms. The first kappa shape index (κ1) is 20.2. The number of piperazine rings is 1. The molecule has 2 aromatic rings. The zero-order valence-corrected chi connectivity index (χ0v) is 16.2. The van der Waals surface area contributed by atoms with E-state index < -0.39 is 17.8 Å². The summed E-state index contributed by atoms with van der Waals surface area (Å²) >= 11 is 0. The molecule has 2 heterocycles. The number of hydrogen-bond acceptors (Lipinski definition) is 6. The molecule has 0 spiro atoms. The number of carboxylic acids is 1. The topological polar surface area (TPSA) is 107 Å². The number of hydrogen-bond donors (Lipinski definition) is 3. The normalized spacial score (nSPS) is 16.9. The Bertz CT molecular complexity index is 777. The van der Waals surface area contributed by atoms with E-state index in [-0.39, 0.29) is 11.7 Å². The first-order chi connectivity index (χ1) is 13.5. The van der Waals surface area contributed by atoms with Crippen LogP contribution in [0.3, 0.4) is 0 Å². The van der Waals surface area contributed by atoms with Crippen LogP contribution in [0.25, 0.3) is 0 Å². The molecule has 28 heavy (non-hydrogen) atoms. The molecular formula is C19H27FN6O2. The summed E-state index contributed by atoms with van der Waals surface area (Å²) in [6, 6.07) is 5.15. The number of aromatic nitrogens is 4. The predicted octanol–water partition coefficient (Wildman–Crippen LogP) is 1.82. The van der Waals surface area contributed by atoms with Crippen molar-refractivity contribution in [3.8, 4) is 0 Å². The Morgan fingerprint density at radius 1 is 1.32 bits per heavy atom. The Balaban J connectivity index is 1.84. The number of halogens is 1. The Morgan fingerprint density at radius 3 is 2.64 bits per heavy atom. The van der Waals surface area contributed by atoms with Crippen molar-refractivity contribution >= 4 is 11.7 Å². The molecule has 1 fully saturated rings. The maximum Gasteiger partial charge on any atom is 0.307 e. The number of nitrogens with one attached hydrogen (secondary N) is 2. The average Bonchev–Trinajstić information content (AvgIpc) is 3.19. The first-order valence-corrected chi connectivity index (χ1v) is 9.66. The molecule has 0 unspecified atom stereocenters. The van der Waals surface area contributed by atoms with Crippen molar-refractivity contribution in [3.05, 3.63) is 35.4 Å². The van der Waals surface area contributed by atoms with Crippen LogP contribution in [-0.2, 0) is 11.2 Å². The Hall–Kier alpha value is -2.55. The van der Waals surface area contributed by atoms with Gasteiger partial charge < -0.3 is 15.3 Å². The summed E-state index contributed by atoms with van der Waals surface area (Å²) in [7, 11) is 0. The summed E-state index contributed by atoms with van der Waals surface area (Å²) in [5, 5.41) is 26.9. The van der Waals surface area contributed by atoms with Gasteiger partial charge in [0.25, 0.3) is 0 Å². The number of aromatic amines is 1. The highest BCUT2D eigenvalue weighted by molar-refractivity contribution is 5.71. The van der Waals surface area contributed by atoms with E-state index in [4.69, 9.17) is 0 Å². The average molecular weight is 390 g/mol. The monoisotopic (exact) mass is 390 g/mol. The smallest absolute Gasteiger partial charge is 0.307 e. The van der Waals surface area contributed by atoms with E-state index in [0.29, 0.717) is 24.4 Å². The molecule has 0 saturated carbocycles. The van der Waals surface area contributed by atoms with Crippen LogP contribution in [0, 0.1) is 17.7 Å². The van der Waals surface area contributed by atoms with E-state index >= 15 is 0 Å². The van der Waals surface area contributed by atoms with Gasteiger partial charge in [0.2, 0.25) is 0 Å². The molecule has 0 radical (unpaired) electrons. The lowest BCUT2D eigenvalue weighted by atomic mass is 9.81. The van der Waals surface area contributed by atoms with Crippen molar-refractivity contribution in [1.82, 2.24) is 25.9 Å². The zero-order chi connectivity index (χ0) is 20.1. The van der Waals surface area contributed by atoms with Gasteiger partial charge >= 0.3 is 5.97 Å². The summed E-state index contributed by atoms with van der Waals surface area (Å²) in [6.07, 6.45) is 0.835. The van der Waals surface area contributed by atoms with Gasteiger partial charge in [0.15, 0.2) is 5.82 Å². The highest BCUT2D eigenvalue weighted by Gasteiger charge is 2.33. The molecule has 152 valence electrons. The number of anilines is 1. The number of aliphatic carboxylic acids is 1. The van der Waals surface area contributed by atoms with Gasteiger partial charge in [-0.05, 0) is 46.9 Å². The van der Waals surface area contributed by atoms with Gasteiger partial charge in [0.1, 0.15) is 5.82 Å². The molecular weight excluding hydrogens is 363 g/mol. The molecule has 1 saturated heterocycles. The standard InChI is InChI=1S/C19H27FN6O2/c1-12(2)9-15(19(27)28)14(18-22-24-25-23-18)10-13-3-4-17(16(20)11-13)26-7-5-21-6-8-26/h3-4,11-12,14-15,21H,5-10H2,1-2H3,(H,27,28)(H,22,23,24,25)/t14-,15-/m0/s1. The minimum absolute atomic E-state index is 0.200. The number of rotatable bonds is 8. The van der Waals surface area contributed by atoms with Crippen LogP contribution in [0.5, 0.6) is 0 Å². The Morgan fingerprint density at radius 2 is 2.07 bits per heavy atom. The van der Waals surface area contributed by atoms with Crippen LogP contribution in [0.4, 0.5) is 10.1 Å².